The van der Waals surface area contributed by atoms with Gasteiger partial charge in [-0.2, -0.15) is 4.98 Å². The van der Waals surface area contributed by atoms with Crippen LogP contribution in [0.5, 0.6) is 0 Å². The van der Waals surface area contributed by atoms with Crippen LogP contribution in [0.3, 0.4) is 0 Å². The summed E-state index contributed by atoms with van der Waals surface area (Å²) in [4.78, 5) is 23.6. The summed E-state index contributed by atoms with van der Waals surface area (Å²) in [5.74, 6) is 0.736. The highest BCUT2D eigenvalue weighted by Crippen LogP contribution is 2.29. The molecule has 0 atom stereocenters. The molecule has 4 aromatic rings. The van der Waals surface area contributed by atoms with Gasteiger partial charge in [-0.25, -0.2) is 4.98 Å². The van der Waals surface area contributed by atoms with Crippen LogP contribution < -0.4 is 5.56 Å². The van der Waals surface area contributed by atoms with E-state index in [1.54, 1.807) is 18.2 Å². The third-order valence-electron chi connectivity index (χ3n) is 3.67. The first kappa shape index (κ1) is 16.5. The molecule has 0 amide bonds. The second-order valence-electron chi connectivity index (χ2n) is 5.39. The number of nitrogens with one attached hydrogen (secondary N) is 1. The van der Waals surface area contributed by atoms with Gasteiger partial charge in [0.05, 0.1) is 5.02 Å². The molecule has 0 radical (unpaired) electrons. The molecular formula is C18H10Cl2N4O2. The lowest BCUT2D eigenvalue weighted by molar-refractivity contribution is 0.431. The minimum atomic E-state index is -0.383. The Balaban J connectivity index is 1.72. The number of H-pyrrole nitrogens is 1. The number of halogens is 2. The summed E-state index contributed by atoms with van der Waals surface area (Å²) in [7, 11) is 0. The smallest absolute Gasteiger partial charge is 0.265 e. The summed E-state index contributed by atoms with van der Waals surface area (Å²) in [6.45, 7) is 0. The Morgan fingerprint density at radius 2 is 1.81 bits per heavy atom. The molecule has 0 aliphatic heterocycles. The molecule has 2 aromatic carbocycles. The first-order chi connectivity index (χ1) is 12.6. The van der Waals surface area contributed by atoms with E-state index in [-0.39, 0.29) is 22.8 Å². The van der Waals surface area contributed by atoms with E-state index >= 15 is 0 Å². The second kappa shape index (κ2) is 6.74. The van der Waals surface area contributed by atoms with Crippen LogP contribution in [0.1, 0.15) is 0 Å². The van der Waals surface area contributed by atoms with Crippen molar-refractivity contribution in [1.82, 2.24) is 20.1 Å². The Labute approximate surface area is 157 Å². The van der Waals surface area contributed by atoms with Gasteiger partial charge in [-0.3, -0.25) is 4.79 Å². The summed E-state index contributed by atoms with van der Waals surface area (Å²) in [6, 6.07) is 14.2. The second-order valence-corrected chi connectivity index (χ2v) is 6.23. The highest BCUT2D eigenvalue weighted by Gasteiger charge is 2.17. The number of benzene rings is 2. The summed E-state index contributed by atoms with van der Waals surface area (Å²) in [5.41, 5.74) is 1.10. The van der Waals surface area contributed by atoms with Crippen LogP contribution in [0, 0.1) is 0 Å². The van der Waals surface area contributed by atoms with Crippen molar-refractivity contribution in [2.75, 3.05) is 0 Å². The van der Waals surface area contributed by atoms with E-state index in [0.29, 0.717) is 21.4 Å². The Bertz CT molecular complexity index is 1140. The Morgan fingerprint density at radius 3 is 2.58 bits per heavy atom. The van der Waals surface area contributed by atoms with Gasteiger partial charge in [0.25, 0.3) is 11.4 Å². The predicted molar refractivity (Wildman–Crippen MR) is 99.0 cm³/mol. The number of aromatic amines is 1. The molecule has 0 bridgehead atoms. The zero-order chi connectivity index (χ0) is 18.1. The van der Waals surface area contributed by atoms with Crippen molar-refractivity contribution in [3.63, 3.8) is 0 Å². The van der Waals surface area contributed by atoms with E-state index in [1.807, 2.05) is 30.3 Å². The van der Waals surface area contributed by atoms with Gasteiger partial charge in [-0.1, -0.05) is 58.7 Å². The zero-order valence-electron chi connectivity index (χ0n) is 13.1. The van der Waals surface area contributed by atoms with Gasteiger partial charge in [0.2, 0.25) is 5.82 Å². The summed E-state index contributed by atoms with van der Waals surface area (Å²) >= 11 is 12.1. The van der Waals surface area contributed by atoms with Crippen molar-refractivity contribution >= 4 is 23.2 Å². The molecule has 0 aliphatic carbocycles. The topological polar surface area (TPSA) is 84.7 Å². The number of hydrogen-bond donors (Lipinski definition) is 1. The first-order valence-corrected chi connectivity index (χ1v) is 8.31. The molecule has 2 heterocycles. The third-order valence-corrected chi connectivity index (χ3v) is 4.24. The minimum absolute atomic E-state index is 0.0457. The molecule has 0 saturated heterocycles. The van der Waals surface area contributed by atoms with Gasteiger partial charge in [-0.05, 0) is 18.2 Å². The largest absolute Gasteiger partial charge is 0.333 e. The quantitative estimate of drug-likeness (QED) is 0.563. The van der Waals surface area contributed by atoms with E-state index in [0.717, 1.165) is 5.56 Å². The van der Waals surface area contributed by atoms with Crippen molar-refractivity contribution in [2.24, 2.45) is 0 Å². The van der Waals surface area contributed by atoms with Gasteiger partial charge < -0.3 is 9.51 Å². The average Bonchev–Trinajstić information content (AvgIpc) is 3.14. The third kappa shape index (κ3) is 3.12. The Morgan fingerprint density at radius 1 is 1.00 bits per heavy atom. The molecule has 2 aromatic heterocycles. The van der Waals surface area contributed by atoms with Gasteiger partial charge >= 0.3 is 0 Å². The maximum absolute atomic E-state index is 12.4. The molecule has 4 rings (SSSR count). The van der Waals surface area contributed by atoms with Crippen molar-refractivity contribution in [3.05, 3.63) is 75.1 Å². The molecular weight excluding hydrogens is 375 g/mol. The molecule has 0 unspecified atom stereocenters. The highest BCUT2D eigenvalue weighted by molar-refractivity contribution is 6.35. The monoisotopic (exact) mass is 384 g/mol. The van der Waals surface area contributed by atoms with Crippen molar-refractivity contribution in [1.29, 1.82) is 0 Å². The maximum Gasteiger partial charge on any atom is 0.265 e. The van der Waals surface area contributed by atoms with Crippen LogP contribution >= 0.6 is 23.2 Å². The number of hydrogen-bond acceptors (Lipinski definition) is 5. The summed E-state index contributed by atoms with van der Waals surface area (Å²) in [5, 5.41) is 4.79. The van der Waals surface area contributed by atoms with E-state index in [1.165, 1.54) is 6.20 Å². The normalized spacial score (nSPS) is 10.8. The number of nitrogens with zero attached hydrogens (tertiary/aromatic N) is 3. The Hall–Kier alpha value is -2.96. The minimum Gasteiger partial charge on any atom is -0.333 e. The van der Waals surface area contributed by atoms with Crippen LogP contribution in [0.15, 0.2) is 64.0 Å². The van der Waals surface area contributed by atoms with Crippen LogP contribution in [-0.2, 0) is 0 Å². The maximum atomic E-state index is 12.4. The molecule has 0 saturated carbocycles. The molecule has 1 N–H and O–H groups in total. The summed E-state index contributed by atoms with van der Waals surface area (Å²) in [6.07, 6.45) is 1.40. The fraction of sp³-hybridized carbons (Fsp3) is 0. The van der Waals surface area contributed by atoms with Gasteiger partial charge in [0, 0.05) is 22.3 Å². The fourth-order valence-electron chi connectivity index (χ4n) is 2.40. The Kier molecular flexibility index (Phi) is 4.28. The standard InChI is InChI=1S/C18H10Cl2N4O2/c19-11-6-7-14(20)12(8-11)16-23-18(26-24-16)13-9-21-15(22-17(13)25)10-4-2-1-3-5-10/h1-9H,(H,21,22,25). The SMILES string of the molecule is O=c1[nH]c(-c2ccccc2)ncc1-c1nc(-c2cc(Cl)ccc2Cl)no1. The number of aromatic nitrogens is 4. The molecule has 0 aliphatic rings. The van der Waals surface area contributed by atoms with E-state index < -0.39 is 0 Å². The molecule has 8 heteroatoms. The molecule has 128 valence electrons. The van der Waals surface area contributed by atoms with Crippen molar-refractivity contribution < 1.29 is 4.52 Å². The van der Waals surface area contributed by atoms with Gasteiger partial charge in [0.1, 0.15) is 11.4 Å². The molecule has 6 nitrogen and oxygen atoms in total. The lowest BCUT2D eigenvalue weighted by atomic mass is 10.2. The van der Waals surface area contributed by atoms with E-state index in [2.05, 4.69) is 20.1 Å². The van der Waals surface area contributed by atoms with Crippen LogP contribution in [0.4, 0.5) is 0 Å². The zero-order valence-corrected chi connectivity index (χ0v) is 14.6. The van der Waals surface area contributed by atoms with Gasteiger partial charge in [-0.15, -0.1) is 0 Å². The fourth-order valence-corrected chi connectivity index (χ4v) is 2.78. The molecule has 0 spiro atoms. The summed E-state index contributed by atoms with van der Waals surface area (Å²) < 4.78 is 5.20. The van der Waals surface area contributed by atoms with Crippen LogP contribution in [-0.4, -0.2) is 20.1 Å². The highest BCUT2D eigenvalue weighted by atomic mass is 35.5. The average molecular weight is 385 g/mol. The van der Waals surface area contributed by atoms with E-state index in [4.69, 9.17) is 27.7 Å². The lowest BCUT2D eigenvalue weighted by Crippen LogP contribution is -2.11. The molecule has 0 fully saturated rings. The van der Waals surface area contributed by atoms with Crippen LogP contribution in [0.2, 0.25) is 10.0 Å². The lowest BCUT2D eigenvalue weighted by Gasteiger charge is -2.00. The molecule has 26 heavy (non-hydrogen) atoms. The first-order valence-electron chi connectivity index (χ1n) is 7.56. The van der Waals surface area contributed by atoms with E-state index in [9.17, 15) is 4.79 Å². The number of rotatable bonds is 3. The van der Waals surface area contributed by atoms with Crippen LogP contribution in [0.25, 0.3) is 34.2 Å². The van der Waals surface area contributed by atoms with Crippen molar-refractivity contribution in [3.8, 4) is 34.2 Å². The van der Waals surface area contributed by atoms with Gasteiger partial charge in [0.15, 0.2) is 0 Å². The predicted octanol–water partition coefficient (Wildman–Crippen LogP) is 4.46. The van der Waals surface area contributed by atoms with Crippen molar-refractivity contribution in [2.45, 2.75) is 0 Å².